The zero-order valence-corrected chi connectivity index (χ0v) is 7.22. The molecule has 0 unspecified atom stereocenters. The Morgan fingerprint density at radius 2 is 2.10 bits per heavy atom. The molecule has 0 radical (unpaired) electrons. The summed E-state index contributed by atoms with van der Waals surface area (Å²) in [6.45, 7) is 8.13. The van der Waals surface area contributed by atoms with Crippen LogP contribution in [0.5, 0.6) is 0 Å². The van der Waals surface area contributed by atoms with Crippen molar-refractivity contribution in [1.82, 2.24) is 10.2 Å². The molecule has 2 heteroatoms. The third-order valence-electron chi connectivity index (χ3n) is 2.04. The molecule has 1 saturated heterocycles. The second-order valence-electron chi connectivity index (χ2n) is 3.65. The van der Waals surface area contributed by atoms with E-state index in [9.17, 15) is 0 Å². The lowest BCUT2D eigenvalue weighted by Gasteiger charge is -2.36. The highest BCUT2D eigenvalue weighted by atomic mass is 15.2. The van der Waals surface area contributed by atoms with Gasteiger partial charge in [0.25, 0.3) is 0 Å². The van der Waals surface area contributed by atoms with E-state index in [0.29, 0.717) is 0 Å². The highest BCUT2D eigenvalue weighted by molar-refractivity contribution is 4.82. The molecule has 0 aromatic heterocycles. The van der Waals surface area contributed by atoms with Gasteiger partial charge < -0.3 is 10.2 Å². The molecule has 0 atom stereocenters. The summed E-state index contributed by atoms with van der Waals surface area (Å²) < 4.78 is 0. The van der Waals surface area contributed by atoms with Gasteiger partial charge in [-0.3, -0.25) is 0 Å². The average Bonchev–Trinajstić information content (AvgIpc) is 1.55. The number of rotatable bonds is 3. The van der Waals surface area contributed by atoms with Crippen LogP contribution in [0.4, 0.5) is 0 Å². The Labute approximate surface area is 63.6 Å². The van der Waals surface area contributed by atoms with Crippen molar-refractivity contribution in [3.8, 4) is 0 Å². The summed E-state index contributed by atoms with van der Waals surface area (Å²) in [5.74, 6) is 0.797. The molecule has 1 fully saturated rings. The third kappa shape index (κ3) is 1.96. The van der Waals surface area contributed by atoms with Gasteiger partial charge in [0.15, 0.2) is 0 Å². The number of nitrogens with zero attached hydrogens (tertiary/aromatic N) is 1. The first-order valence-electron chi connectivity index (χ1n) is 4.11. The van der Waals surface area contributed by atoms with E-state index >= 15 is 0 Å². The van der Waals surface area contributed by atoms with Gasteiger partial charge in [0.05, 0.1) is 0 Å². The predicted molar refractivity (Wildman–Crippen MR) is 44.1 cm³/mol. The van der Waals surface area contributed by atoms with Crippen LogP contribution in [0.2, 0.25) is 0 Å². The summed E-state index contributed by atoms with van der Waals surface area (Å²) in [6.07, 6.45) is 0. The molecule has 0 spiro atoms. The van der Waals surface area contributed by atoms with Gasteiger partial charge in [-0.25, -0.2) is 0 Å². The van der Waals surface area contributed by atoms with Crippen molar-refractivity contribution in [2.24, 2.45) is 5.92 Å². The zero-order chi connectivity index (χ0) is 7.56. The van der Waals surface area contributed by atoms with Gasteiger partial charge in [-0.05, 0) is 13.0 Å². The van der Waals surface area contributed by atoms with Gasteiger partial charge >= 0.3 is 0 Å². The summed E-state index contributed by atoms with van der Waals surface area (Å²) in [4.78, 5) is 2.45. The molecular weight excluding hydrogens is 124 g/mol. The first kappa shape index (κ1) is 8.02. The minimum Gasteiger partial charge on any atom is -0.314 e. The van der Waals surface area contributed by atoms with E-state index in [1.54, 1.807) is 0 Å². The molecule has 0 aliphatic carbocycles. The number of hydrogen-bond acceptors (Lipinski definition) is 2. The van der Waals surface area contributed by atoms with Gasteiger partial charge in [0.1, 0.15) is 0 Å². The fraction of sp³-hybridized carbons (Fsp3) is 1.00. The van der Waals surface area contributed by atoms with Gasteiger partial charge in [-0.2, -0.15) is 0 Å². The van der Waals surface area contributed by atoms with Crippen LogP contribution >= 0.6 is 0 Å². The molecular formula is C8H18N2. The topological polar surface area (TPSA) is 15.3 Å². The van der Waals surface area contributed by atoms with E-state index < -0.39 is 0 Å². The molecule has 0 aromatic carbocycles. The summed E-state index contributed by atoms with van der Waals surface area (Å²) in [5, 5.41) is 3.27. The maximum absolute atomic E-state index is 3.27. The summed E-state index contributed by atoms with van der Waals surface area (Å²) in [6, 6.07) is 0.808. The molecule has 1 aliphatic rings. The van der Waals surface area contributed by atoms with Crippen LogP contribution in [-0.4, -0.2) is 37.6 Å². The van der Waals surface area contributed by atoms with Crippen molar-refractivity contribution in [1.29, 1.82) is 0 Å². The fourth-order valence-corrected chi connectivity index (χ4v) is 1.31. The molecule has 10 heavy (non-hydrogen) atoms. The fourth-order valence-electron chi connectivity index (χ4n) is 1.31. The normalized spacial score (nSPS) is 20.1. The van der Waals surface area contributed by atoms with Crippen LogP contribution in [0.3, 0.4) is 0 Å². The molecule has 60 valence electrons. The maximum Gasteiger partial charge on any atom is 0.0342 e. The summed E-state index contributed by atoms with van der Waals surface area (Å²) >= 11 is 0. The monoisotopic (exact) mass is 142 g/mol. The van der Waals surface area contributed by atoms with Crippen molar-refractivity contribution in [3.05, 3.63) is 0 Å². The third-order valence-corrected chi connectivity index (χ3v) is 2.04. The van der Waals surface area contributed by atoms with E-state index in [2.05, 4.69) is 31.1 Å². The number of nitrogens with one attached hydrogen (secondary N) is 1. The zero-order valence-electron chi connectivity index (χ0n) is 7.22. The Bertz CT molecular complexity index is 97.4. The number of likely N-dealkylation sites (N-methyl/N-ethyl adjacent to an activating group) is 1. The lowest BCUT2D eigenvalue weighted by Crippen LogP contribution is -2.56. The second kappa shape index (κ2) is 3.35. The molecule has 1 heterocycles. The molecule has 2 nitrogen and oxygen atoms in total. The average molecular weight is 142 g/mol. The standard InChI is InChI=1S/C8H18N2/c1-7(2)6-10(3)8-4-9-5-8/h7-9H,4-6H2,1-3H3. The quantitative estimate of drug-likeness (QED) is 0.619. The lowest BCUT2D eigenvalue weighted by atomic mass is 10.1. The maximum atomic E-state index is 3.27. The molecule has 0 amide bonds. The lowest BCUT2D eigenvalue weighted by molar-refractivity contribution is 0.164. The van der Waals surface area contributed by atoms with Crippen LogP contribution in [0.25, 0.3) is 0 Å². The largest absolute Gasteiger partial charge is 0.314 e. The van der Waals surface area contributed by atoms with Gasteiger partial charge in [-0.15, -0.1) is 0 Å². The Morgan fingerprint density at radius 3 is 2.40 bits per heavy atom. The minimum atomic E-state index is 0.797. The molecule has 1 rings (SSSR count). The van der Waals surface area contributed by atoms with E-state index in [1.165, 1.54) is 19.6 Å². The molecule has 0 saturated carbocycles. The second-order valence-corrected chi connectivity index (χ2v) is 3.65. The Balaban J connectivity index is 2.13. The van der Waals surface area contributed by atoms with E-state index in [1.807, 2.05) is 0 Å². The first-order chi connectivity index (χ1) is 4.70. The summed E-state index contributed by atoms with van der Waals surface area (Å²) in [5.41, 5.74) is 0. The van der Waals surface area contributed by atoms with Gasteiger partial charge in [-0.1, -0.05) is 13.8 Å². The van der Waals surface area contributed by atoms with Gasteiger partial charge in [0, 0.05) is 25.7 Å². The van der Waals surface area contributed by atoms with E-state index in [0.717, 1.165) is 12.0 Å². The van der Waals surface area contributed by atoms with Crippen LogP contribution in [0, 0.1) is 5.92 Å². The first-order valence-corrected chi connectivity index (χ1v) is 4.11. The van der Waals surface area contributed by atoms with Crippen LogP contribution in [0.1, 0.15) is 13.8 Å². The van der Waals surface area contributed by atoms with Gasteiger partial charge in [0.2, 0.25) is 0 Å². The van der Waals surface area contributed by atoms with Crippen molar-refractivity contribution >= 4 is 0 Å². The van der Waals surface area contributed by atoms with E-state index in [4.69, 9.17) is 0 Å². The predicted octanol–water partition coefficient (Wildman–Crippen LogP) is 0.546. The summed E-state index contributed by atoms with van der Waals surface area (Å²) in [7, 11) is 2.21. The Morgan fingerprint density at radius 1 is 1.50 bits per heavy atom. The van der Waals surface area contributed by atoms with Crippen LogP contribution in [-0.2, 0) is 0 Å². The Kier molecular flexibility index (Phi) is 2.69. The molecule has 1 aliphatic heterocycles. The van der Waals surface area contributed by atoms with Crippen molar-refractivity contribution in [2.75, 3.05) is 26.7 Å². The highest BCUT2D eigenvalue weighted by Crippen LogP contribution is 2.04. The van der Waals surface area contributed by atoms with Crippen molar-refractivity contribution < 1.29 is 0 Å². The SMILES string of the molecule is CC(C)CN(C)C1CNC1. The highest BCUT2D eigenvalue weighted by Gasteiger charge is 2.21. The minimum absolute atomic E-state index is 0.797. The van der Waals surface area contributed by atoms with Crippen LogP contribution < -0.4 is 5.32 Å². The number of hydrogen-bond donors (Lipinski definition) is 1. The Hall–Kier alpha value is -0.0800. The molecule has 0 bridgehead atoms. The molecule has 1 N–H and O–H groups in total. The van der Waals surface area contributed by atoms with Crippen molar-refractivity contribution in [2.45, 2.75) is 19.9 Å². The van der Waals surface area contributed by atoms with Crippen molar-refractivity contribution in [3.63, 3.8) is 0 Å². The van der Waals surface area contributed by atoms with E-state index in [-0.39, 0.29) is 0 Å². The molecule has 0 aromatic rings. The van der Waals surface area contributed by atoms with Crippen LogP contribution in [0.15, 0.2) is 0 Å². The smallest absolute Gasteiger partial charge is 0.0342 e.